The average molecular weight is 179 g/mol. The number of amides is 1. The number of hydrogen-bond donors (Lipinski definition) is 1. The van der Waals surface area contributed by atoms with Gasteiger partial charge in [-0.2, -0.15) is 0 Å². The minimum atomic E-state index is -0.945. The van der Waals surface area contributed by atoms with Crippen LogP contribution in [0, 0.1) is 5.92 Å². The summed E-state index contributed by atoms with van der Waals surface area (Å²) in [4.78, 5) is 20.0. The van der Waals surface area contributed by atoms with Crippen molar-refractivity contribution in [3.8, 4) is 0 Å². The van der Waals surface area contributed by atoms with Crippen LogP contribution in [-0.2, 0) is 0 Å². The third-order valence-electron chi connectivity index (χ3n) is 2.06. The number of carbonyl (C=O) groups is 1. The summed E-state index contributed by atoms with van der Waals surface area (Å²) in [6.45, 7) is 0.787. The molecule has 1 amide bonds. The van der Waals surface area contributed by atoms with Gasteiger partial charge in [-0.3, -0.25) is 14.9 Å². The quantitative estimate of drug-likeness (QED) is 0.591. The zero-order chi connectivity index (χ0) is 9.26. The molecule has 0 saturated carbocycles. The molecule has 0 aromatic heterocycles. The predicted octanol–water partition coefficient (Wildman–Crippen LogP) is 0.593. The predicted molar refractivity (Wildman–Crippen MR) is 48.2 cm³/mol. The van der Waals surface area contributed by atoms with E-state index in [0.29, 0.717) is 13.2 Å². The van der Waals surface area contributed by atoms with Crippen molar-refractivity contribution < 1.29 is 9.90 Å². The fourth-order valence-electron chi connectivity index (χ4n) is 1.36. The molecule has 5 nitrogen and oxygen atoms in total. The minimum Gasteiger partial charge on any atom is -0.465 e. The molecule has 2 aliphatic rings. The Labute approximate surface area is 75.1 Å². The van der Waals surface area contributed by atoms with E-state index >= 15 is 0 Å². The summed E-state index contributed by atoms with van der Waals surface area (Å²) >= 11 is 0. The SMILES string of the molecule is O=C(O)N1C=CC2C=NCN=C2C1. The Morgan fingerprint density at radius 3 is 3.31 bits per heavy atom. The van der Waals surface area contributed by atoms with E-state index in [9.17, 15) is 4.79 Å². The zero-order valence-electron chi connectivity index (χ0n) is 6.92. The molecule has 0 bridgehead atoms. The second kappa shape index (κ2) is 3.01. The van der Waals surface area contributed by atoms with Gasteiger partial charge in [0, 0.05) is 18.1 Å². The molecule has 0 saturated heterocycles. The molecule has 0 aromatic carbocycles. The second-order valence-corrected chi connectivity index (χ2v) is 2.90. The normalized spacial score (nSPS) is 25.4. The van der Waals surface area contributed by atoms with Gasteiger partial charge in [0.05, 0.1) is 12.5 Å². The summed E-state index contributed by atoms with van der Waals surface area (Å²) in [5, 5.41) is 8.71. The van der Waals surface area contributed by atoms with Gasteiger partial charge < -0.3 is 5.11 Å². The Balaban J connectivity index is 2.20. The Bertz CT molecular complexity index is 319. The van der Waals surface area contributed by atoms with E-state index in [4.69, 9.17) is 5.11 Å². The van der Waals surface area contributed by atoms with Crippen molar-refractivity contribution in [1.29, 1.82) is 0 Å². The highest BCUT2D eigenvalue weighted by atomic mass is 16.4. The maximum atomic E-state index is 10.6. The molecular formula is C8H9N3O2. The summed E-state index contributed by atoms with van der Waals surface area (Å²) < 4.78 is 0. The molecule has 13 heavy (non-hydrogen) atoms. The van der Waals surface area contributed by atoms with Crippen LogP contribution in [0.25, 0.3) is 0 Å². The van der Waals surface area contributed by atoms with Crippen LogP contribution < -0.4 is 0 Å². The van der Waals surface area contributed by atoms with Crippen molar-refractivity contribution in [3.05, 3.63) is 12.3 Å². The van der Waals surface area contributed by atoms with E-state index in [1.807, 2.05) is 0 Å². The van der Waals surface area contributed by atoms with Crippen molar-refractivity contribution in [2.75, 3.05) is 13.2 Å². The van der Waals surface area contributed by atoms with E-state index in [1.54, 1.807) is 18.5 Å². The molecule has 2 aliphatic heterocycles. The van der Waals surface area contributed by atoms with Crippen molar-refractivity contribution >= 4 is 18.0 Å². The van der Waals surface area contributed by atoms with Crippen LogP contribution in [0.4, 0.5) is 4.79 Å². The number of hydrogen-bond acceptors (Lipinski definition) is 3. The van der Waals surface area contributed by atoms with Crippen molar-refractivity contribution in [3.63, 3.8) is 0 Å². The van der Waals surface area contributed by atoms with Crippen LogP contribution in [0.1, 0.15) is 0 Å². The fourth-order valence-corrected chi connectivity index (χ4v) is 1.36. The highest BCUT2D eigenvalue weighted by molar-refractivity contribution is 6.04. The molecule has 0 spiro atoms. The average Bonchev–Trinajstić information content (AvgIpc) is 2.17. The number of aliphatic imine (C=N–C) groups is 2. The van der Waals surface area contributed by atoms with Gasteiger partial charge in [-0.1, -0.05) is 6.08 Å². The highest BCUT2D eigenvalue weighted by Crippen LogP contribution is 2.12. The summed E-state index contributed by atoms with van der Waals surface area (Å²) in [5.41, 5.74) is 0.875. The molecule has 1 N–H and O–H groups in total. The van der Waals surface area contributed by atoms with Gasteiger partial charge in [-0.15, -0.1) is 0 Å². The molecule has 0 fully saturated rings. The Kier molecular flexibility index (Phi) is 1.84. The van der Waals surface area contributed by atoms with Gasteiger partial charge in [0.25, 0.3) is 0 Å². The summed E-state index contributed by atoms with van der Waals surface area (Å²) in [7, 11) is 0. The third-order valence-corrected chi connectivity index (χ3v) is 2.06. The van der Waals surface area contributed by atoms with E-state index in [2.05, 4.69) is 9.98 Å². The van der Waals surface area contributed by atoms with E-state index in [0.717, 1.165) is 5.71 Å². The number of nitrogens with zero attached hydrogens (tertiary/aromatic N) is 3. The van der Waals surface area contributed by atoms with Crippen molar-refractivity contribution in [2.45, 2.75) is 0 Å². The number of carboxylic acid groups (broad SMARTS) is 1. The smallest absolute Gasteiger partial charge is 0.411 e. The molecule has 68 valence electrons. The molecule has 1 atom stereocenters. The van der Waals surface area contributed by atoms with E-state index in [1.165, 1.54) is 4.90 Å². The third kappa shape index (κ3) is 1.44. The highest BCUT2D eigenvalue weighted by Gasteiger charge is 2.23. The first kappa shape index (κ1) is 7.97. The number of rotatable bonds is 0. The van der Waals surface area contributed by atoms with Crippen LogP contribution in [0.5, 0.6) is 0 Å². The molecule has 0 aromatic rings. The molecular weight excluding hydrogens is 170 g/mol. The summed E-state index contributed by atoms with van der Waals surface area (Å²) in [6, 6.07) is 0. The van der Waals surface area contributed by atoms with Gasteiger partial charge >= 0.3 is 6.09 Å². The fraction of sp³-hybridized carbons (Fsp3) is 0.375. The monoisotopic (exact) mass is 179 g/mol. The summed E-state index contributed by atoms with van der Waals surface area (Å²) in [5.74, 6) is 0.101. The van der Waals surface area contributed by atoms with Gasteiger partial charge in [-0.25, -0.2) is 4.79 Å². The van der Waals surface area contributed by atoms with Gasteiger partial charge in [-0.05, 0) is 0 Å². The van der Waals surface area contributed by atoms with Gasteiger partial charge in [0.2, 0.25) is 0 Å². The van der Waals surface area contributed by atoms with Crippen molar-refractivity contribution in [1.82, 2.24) is 4.90 Å². The standard InChI is InChI=1S/C8H9N3O2/c12-8(13)11-2-1-6-3-9-5-10-7(6)4-11/h1-3,6H,4-5H2,(H,12,13). The second-order valence-electron chi connectivity index (χ2n) is 2.90. The topological polar surface area (TPSA) is 65.3 Å². The molecule has 2 heterocycles. The lowest BCUT2D eigenvalue weighted by molar-refractivity contribution is 0.167. The Morgan fingerprint density at radius 1 is 1.69 bits per heavy atom. The van der Waals surface area contributed by atoms with Crippen LogP contribution in [-0.4, -0.2) is 41.2 Å². The number of allylic oxidation sites excluding steroid dienone is 1. The number of fused-ring (bicyclic) bond motifs is 1. The first-order chi connectivity index (χ1) is 6.27. The zero-order valence-corrected chi connectivity index (χ0v) is 6.92. The summed E-state index contributed by atoms with van der Waals surface area (Å²) in [6.07, 6.45) is 4.21. The van der Waals surface area contributed by atoms with E-state index < -0.39 is 6.09 Å². The van der Waals surface area contributed by atoms with Crippen LogP contribution in [0.15, 0.2) is 22.3 Å². The molecule has 2 rings (SSSR count). The first-order valence-corrected chi connectivity index (χ1v) is 3.98. The molecule has 0 aliphatic carbocycles. The van der Waals surface area contributed by atoms with E-state index in [-0.39, 0.29) is 5.92 Å². The van der Waals surface area contributed by atoms with Crippen LogP contribution in [0.3, 0.4) is 0 Å². The Morgan fingerprint density at radius 2 is 2.54 bits per heavy atom. The van der Waals surface area contributed by atoms with Gasteiger partial charge in [0.1, 0.15) is 6.67 Å². The molecule has 5 heteroatoms. The minimum absolute atomic E-state index is 0.101. The maximum absolute atomic E-state index is 10.6. The molecule has 1 unspecified atom stereocenters. The lowest BCUT2D eigenvalue weighted by Crippen LogP contribution is -2.38. The van der Waals surface area contributed by atoms with Gasteiger partial charge in [0.15, 0.2) is 0 Å². The largest absolute Gasteiger partial charge is 0.465 e. The van der Waals surface area contributed by atoms with Crippen molar-refractivity contribution in [2.24, 2.45) is 15.9 Å². The lowest BCUT2D eigenvalue weighted by atomic mass is 10.0. The maximum Gasteiger partial charge on any atom is 0.411 e. The first-order valence-electron chi connectivity index (χ1n) is 3.98. The Hall–Kier alpha value is -1.65. The van der Waals surface area contributed by atoms with Crippen LogP contribution in [0.2, 0.25) is 0 Å². The van der Waals surface area contributed by atoms with Crippen LogP contribution >= 0.6 is 0 Å². The lowest BCUT2D eigenvalue weighted by Gasteiger charge is -2.25. The molecule has 0 radical (unpaired) electrons.